The molecular weight excluding hydrogens is 434 g/mol. The second-order valence-electron chi connectivity index (χ2n) is 7.07. The molecule has 0 fully saturated rings. The molecule has 0 N–H and O–H groups in total. The van der Waals surface area contributed by atoms with Gasteiger partial charge in [0, 0.05) is 22.2 Å². The van der Waals surface area contributed by atoms with Gasteiger partial charge in [-0.05, 0) is 43.3 Å². The van der Waals surface area contributed by atoms with E-state index in [1.54, 1.807) is 0 Å². The first kappa shape index (κ1) is 21.4. The van der Waals surface area contributed by atoms with Crippen LogP contribution in [0.15, 0.2) is 58.2 Å². The zero-order valence-corrected chi connectivity index (χ0v) is 19.0. The van der Waals surface area contributed by atoms with Crippen molar-refractivity contribution >= 4 is 23.4 Å². The summed E-state index contributed by atoms with van der Waals surface area (Å²) in [6, 6.07) is 15.4. The van der Waals surface area contributed by atoms with Crippen LogP contribution < -0.4 is 4.74 Å². The van der Waals surface area contributed by atoms with Crippen molar-refractivity contribution in [2.24, 2.45) is 0 Å². The third-order valence-electron chi connectivity index (χ3n) is 4.45. The first-order chi connectivity index (χ1) is 15.0. The highest BCUT2D eigenvalue weighted by atomic mass is 35.5. The molecule has 0 aliphatic carbocycles. The molecule has 0 radical (unpaired) electrons. The minimum Gasteiger partial charge on any atom is -0.494 e. The third-order valence-corrected chi connectivity index (χ3v) is 5.60. The number of hydrogen-bond donors (Lipinski definition) is 0. The van der Waals surface area contributed by atoms with Gasteiger partial charge in [0.1, 0.15) is 5.75 Å². The normalized spacial score (nSPS) is 11.3. The fourth-order valence-corrected chi connectivity index (χ4v) is 3.94. The fourth-order valence-electron chi connectivity index (χ4n) is 2.96. The molecule has 31 heavy (non-hydrogen) atoms. The number of thioether (sulfide) groups is 1. The van der Waals surface area contributed by atoms with Crippen LogP contribution in [0.5, 0.6) is 5.75 Å². The van der Waals surface area contributed by atoms with E-state index in [4.69, 9.17) is 20.9 Å². The standard InChI is InChI=1S/C22H22ClN5O2S/c1-4-29-18-10-8-17(9-11-18)28-21(15-6-5-7-16(23)12-15)25-26-22(28)31-13-19-24-20(14(2)3)27-30-19/h5-12,14H,4,13H2,1-3H3. The molecule has 0 amide bonds. The average molecular weight is 456 g/mol. The van der Waals surface area contributed by atoms with Crippen molar-refractivity contribution < 1.29 is 9.26 Å². The number of nitrogens with zero attached hydrogens (tertiary/aromatic N) is 5. The van der Waals surface area contributed by atoms with Gasteiger partial charge in [-0.15, -0.1) is 10.2 Å². The molecule has 0 saturated heterocycles. The molecular formula is C22H22ClN5O2S. The van der Waals surface area contributed by atoms with Gasteiger partial charge in [0.25, 0.3) is 0 Å². The van der Waals surface area contributed by atoms with Gasteiger partial charge in [-0.25, -0.2) is 0 Å². The molecule has 160 valence electrons. The Bertz CT molecular complexity index is 1160. The summed E-state index contributed by atoms with van der Waals surface area (Å²) in [7, 11) is 0. The van der Waals surface area contributed by atoms with Crippen LogP contribution in [0.3, 0.4) is 0 Å². The molecule has 9 heteroatoms. The van der Waals surface area contributed by atoms with Gasteiger partial charge in [-0.1, -0.05) is 54.5 Å². The van der Waals surface area contributed by atoms with E-state index in [1.165, 1.54) is 11.8 Å². The lowest BCUT2D eigenvalue weighted by molar-refractivity contribution is 0.340. The van der Waals surface area contributed by atoms with Crippen molar-refractivity contribution in [2.75, 3.05) is 6.61 Å². The van der Waals surface area contributed by atoms with Crippen LogP contribution in [-0.4, -0.2) is 31.5 Å². The molecule has 7 nitrogen and oxygen atoms in total. The summed E-state index contributed by atoms with van der Waals surface area (Å²) in [5.41, 5.74) is 1.79. The highest BCUT2D eigenvalue weighted by Crippen LogP contribution is 2.31. The number of hydrogen-bond acceptors (Lipinski definition) is 7. The van der Waals surface area contributed by atoms with Crippen LogP contribution in [0.2, 0.25) is 5.02 Å². The summed E-state index contributed by atoms with van der Waals surface area (Å²) in [4.78, 5) is 4.45. The zero-order valence-electron chi connectivity index (χ0n) is 17.4. The lowest BCUT2D eigenvalue weighted by Gasteiger charge is -2.11. The average Bonchev–Trinajstić information content (AvgIpc) is 3.40. The highest BCUT2D eigenvalue weighted by Gasteiger charge is 2.18. The highest BCUT2D eigenvalue weighted by molar-refractivity contribution is 7.98. The summed E-state index contributed by atoms with van der Waals surface area (Å²) < 4.78 is 12.9. The Balaban J connectivity index is 1.69. The number of aromatic nitrogens is 5. The van der Waals surface area contributed by atoms with Gasteiger partial charge < -0.3 is 9.26 Å². The van der Waals surface area contributed by atoms with Crippen molar-refractivity contribution in [3.63, 3.8) is 0 Å². The van der Waals surface area contributed by atoms with Crippen LogP contribution in [0.1, 0.15) is 38.4 Å². The summed E-state index contributed by atoms with van der Waals surface area (Å²) in [6.07, 6.45) is 0. The van der Waals surface area contributed by atoms with E-state index in [0.29, 0.717) is 40.1 Å². The van der Waals surface area contributed by atoms with Crippen molar-refractivity contribution in [1.82, 2.24) is 24.9 Å². The lowest BCUT2D eigenvalue weighted by Crippen LogP contribution is -2.00. The molecule has 0 aliphatic rings. The molecule has 2 heterocycles. The third kappa shape index (κ3) is 4.91. The van der Waals surface area contributed by atoms with E-state index >= 15 is 0 Å². The molecule has 0 saturated carbocycles. The first-order valence-electron chi connectivity index (χ1n) is 9.95. The van der Waals surface area contributed by atoms with Crippen molar-refractivity contribution in [3.8, 4) is 22.8 Å². The molecule has 0 aliphatic heterocycles. The Morgan fingerprint density at radius 3 is 2.61 bits per heavy atom. The summed E-state index contributed by atoms with van der Waals surface area (Å²) in [6.45, 7) is 6.63. The van der Waals surface area contributed by atoms with Crippen molar-refractivity contribution in [3.05, 3.63) is 65.3 Å². The molecule has 2 aromatic carbocycles. The minimum absolute atomic E-state index is 0.212. The second kappa shape index (κ2) is 9.53. The van der Waals surface area contributed by atoms with Crippen LogP contribution in [0.4, 0.5) is 0 Å². The maximum Gasteiger partial charge on any atom is 0.237 e. The van der Waals surface area contributed by atoms with Gasteiger partial charge in [0.2, 0.25) is 5.89 Å². The Hall–Kier alpha value is -2.84. The number of halogens is 1. The van der Waals surface area contributed by atoms with Gasteiger partial charge >= 0.3 is 0 Å². The summed E-state index contributed by atoms with van der Waals surface area (Å²) in [5.74, 6) is 3.46. The quantitative estimate of drug-likeness (QED) is 0.311. The molecule has 0 unspecified atom stereocenters. The number of benzene rings is 2. The first-order valence-corrected chi connectivity index (χ1v) is 11.3. The molecule has 2 aromatic heterocycles. The van der Waals surface area contributed by atoms with E-state index in [0.717, 1.165) is 17.0 Å². The summed E-state index contributed by atoms with van der Waals surface area (Å²) in [5, 5.41) is 14.2. The number of rotatable bonds is 8. The van der Waals surface area contributed by atoms with Crippen molar-refractivity contribution in [2.45, 2.75) is 37.6 Å². The van der Waals surface area contributed by atoms with Crippen LogP contribution in [0, 0.1) is 0 Å². The second-order valence-corrected chi connectivity index (χ2v) is 8.45. The van der Waals surface area contributed by atoms with Crippen molar-refractivity contribution in [1.29, 1.82) is 0 Å². The maximum atomic E-state index is 6.22. The Morgan fingerprint density at radius 1 is 1.13 bits per heavy atom. The van der Waals surface area contributed by atoms with Crippen LogP contribution >= 0.6 is 23.4 Å². The van der Waals surface area contributed by atoms with Gasteiger partial charge in [-0.3, -0.25) is 4.57 Å². The Kier molecular flexibility index (Phi) is 6.58. The topological polar surface area (TPSA) is 78.9 Å². The maximum absolute atomic E-state index is 6.22. The van der Waals surface area contributed by atoms with Gasteiger partial charge in [0.05, 0.1) is 12.4 Å². The molecule has 4 aromatic rings. The number of ether oxygens (including phenoxy) is 1. The molecule has 0 spiro atoms. The SMILES string of the molecule is CCOc1ccc(-n2c(SCc3nc(C(C)C)no3)nnc2-c2cccc(Cl)c2)cc1. The van der Waals surface area contributed by atoms with Crippen LogP contribution in [-0.2, 0) is 5.75 Å². The minimum atomic E-state index is 0.212. The zero-order chi connectivity index (χ0) is 21.8. The van der Waals surface area contributed by atoms with Crippen LogP contribution in [0.25, 0.3) is 17.1 Å². The van der Waals surface area contributed by atoms with Gasteiger partial charge in [0.15, 0.2) is 16.8 Å². The van der Waals surface area contributed by atoms with Gasteiger partial charge in [-0.2, -0.15) is 4.98 Å². The summed E-state index contributed by atoms with van der Waals surface area (Å²) >= 11 is 7.70. The Labute approximate surface area is 189 Å². The monoisotopic (exact) mass is 455 g/mol. The van der Waals surface area contributed by atoms with E-state index in [-0.39, 0.29) is 5.92 Å². The van der Waals surface area contributed by atoms with E-state index in [2.05, 4.69) is 20.3 Å². The van der Waals surface area contributed by atoms with E-state index < -0.39 is 0 Å². The largest absolute Gasteiger partial charge is 0.494 e. The molecule has 0 atom stereocenters. The Morgan fingerprint density at radius 2 is 1.94 bits per heavy atom. The van der Waals surface area contributed by atoms with E-state index in [9.17, 15) is 0 Å². The smallest absolute Gasteiger partial charge is 0.237 e. The molecule has 4 rings (SSSR count). The van der Waals surface area contributed by atoms with E-state index in [1.807, 2.05) is 73.9 Å². The lowest BCUT2D eigenvalue weighted by atomic mass is 10.2. The fraction of sp³-hybridized carbons (Fsp3) is 0.273. The predicted octanol–water partition coefficient (Wildman–Crippen LogP) is 5.79. The predicted molar refractivity (Wildman–Crippen MR) is 121 cm³/mol. The molecule has 0 bridgehead atoms.